The highest BCUT2D eigenvalue weighted by atomic mass is 32.2. The molecule has 0 radical (unpaired) electrons. The molecule has 0 saturated heterocycles. The largest absolute Gasteiger partial charge is 0.461 e. The molecular formula is C116H220N6O15S3. The number of carbonyl (C=O) groups excluding carboxylic acids is 9. The quantitative estimate of drug-likeness (QED) is 0.0238. The lowest BCUT2D eigenvalue weighted by Crippen LogP contribution is -2.40. The van der Waals surface area contributed by atoms with Gasteiger partial charge in [0.25, 0.3) is 15.7 Å². The molecule has 0 aliphatic rings. The van der Waals surface area contributed by atoms with E-state index in [1.807, 2.05) is 34.3 Å². The molecule has 0 rings (SSSR count). The van der Waals surface area contributed by atoms with Crippen LogP contribution in [-0.2, 0) is 57.2 Å². The molecule has 0 heterocycles. The summed E-state index contributed by atoms with van der Waals surface area (Å²) in [6.07, 6.45) is 79.9. The SMILES string of the molecule is CCCCCCCC(CCCCCCC)OC(=O)CN(CC(=O)OC/C=C\CCCCCCCCCCCCCC(CCCCCCC)OC(=O)CN(CC(=O)OC(CCCCCCC)CCCCCCCCCCCCCCC(CCCCCCC)OC(=O)CN(CC(=O)OC(CCCCCCC)CCCCCCC)C(=O)SCCCN(CC)CC)C(=O)SCCCN(C)C)C(=O)SCCCN(C)C. The number of hydrogen-bond acceptors (Lipinski definition) is 21. The summed E-state index contributed by atoms with van der Waals surface area (Å²) >= 11 is 3.49. The molecule has 0 aromatic rings. The Bertz CT molecular complexity index is 2890. The zero-order valence-corrected chi connectivity index (χ0v) is 95.5. The van der Waals surface area contributed by atoms with Crippen molar-refractivity contribution in [2.75, 3.05) is 124 Å². The van der Waals surface area contributed by atoms with Crippen LogP contribution in [0.4, 0.5) is 14.4 Å². The van der Waals surface area contributed by atoms with Crippen LogP contribution in [0.1, 0.15) is 525 Å². The Morgan fingerprint density at radius 2 is 0.407 bits per heavy atom. The van der Waals surface area contributed by atoms with Crippen molar-refractivity contribution in [2.45, 2.75) is 555 Å². The summed E-state index contributed by atoms with van der Waals surface area (Å²) in [6.45, 7) is 22.7. The van der Waals surface area contributed by atoms with E-state index in [-0.39, 0.29) is 92.1 Å². The molecule has 0 aliphatic heterocycles. The molecule has 3 atom stereocenters. The number of rotatable bonds is 104. The van der Waals surface area contributed by atoms with Crippen LogP contribution in [-0.4, -0.2) is 236 Å². The van der Waals surface area contributed by atoms with Crippen molar-refractivity contribution in [3.05, 3.63) is 12.2 Å². The Balaban J connectivity index is 5.53. The molecule has 140 heavy (non-hydrogen) atoms. The Morgan fingerprint density at radius 3 is 0.607 bits per heavy atom. The van der Waals surface area contributed by atoms with E-state index in [1.54, 1.807) is 0 Å². The molecule has 0 spiro atoms. The fourth-order valence-corrected chi connectivity index (χ4v) is 20.5. The van der Waals surface area contributed by atoms with Crippen LogP contribution in [0.5, 0.6) is 0 Å². The third-order valence-electron chi connectivity index (χ3n) is 27.0. The third-order valence-corrected chi connectivity index (χ3v) is 30.0. The van der Waals surface area contributed by atoms with Crippen molar-refractivity contribution in [3.63, 3.8) is 0 Å². The average molecular weight is 2040 g/mol. The van der Waals surface area contributed by atoms with Crippen LogP contribution in [0.2, 0.25) is 0 Å². The predicted molar refractivity (Wildman–Crippen MR) is 595 cm³/mol. The standard InChI is InChI=1S/C116H220N6O15S3/c1-14-23-30-55-66-80-103(81-67-56-31-24-15-2)133-109(124)98-120(114(129)138-94-77-90-117(10)11)97-108(123)132-93-76-65-54-50-46-42-38-37-39-43-47-51-62-73-87-105(84-70-59-34-27-18-5)135-110(125)99-121(115(130)139-95-78-91-118(12)13)100-111(126)136-106(85-71-60-35-28-19-6)88-74-63-52-48-44-40-41-45-49-53-64-75-89-107(86-72-61-36-29-20-7)137-113(128)102-122(116(131)140-96-79-92-119(21-8)22-9)101-112(127)134-104(82-68-57-32-25-16-3)83-69-58-33-26-17-4/h65,76,103-107H,14-64,66-75,77-102H2,1-13H3/b76-65-. The first-order chi connectivity index (χ1) is 68.1. The summed E-state index contributed by atoms with van der Waals surface area (Å²) in [5.74, 6) is -1.02. The summed E-state index contributed by atoms with van der Waals surface area (Å²) in [4.78, 5) is 135. The van der Waals surface area contributed by atoms with E-state index in [0.29, 0.717) is 17.3 Å². The Hall–Kier alpha value is -4.10. The van der Waals surface area contributed by atoms with Gasteiger partial charge in [0.15, 0.2) is 0 Å². The number of esters is 6. The van der Waals surface area contributed by atoms with Crippen molar-refractivity contribution in [3.8, 4) is 0 Å². The second-order valence-electron chi connectivity index (χ2n) is 41.0. The first-order valence-electron chi connectivity index (χ1n) is 58.7. The van der Waals surface area contributed by atoms with Gasteiger partial charge in [-0.25, -0.2) is 0 Å². The first kappa shape index (κ1) is 136. The summed E-state index contributed by atoms with van der Waals surface area (Å²) < 4.78 is 36.7. The second kappa shape index (κ2) is 102. The summed E-state index contributed by atoms with van der Waals surface area (Å²) in [5.41, 5.74) is 0. The zero-order chi connectivity index (χ0) is 103. The van der Waals surface area contributed by atoms with E-state index in [1.165, 1.54) is 206 Å². The van der Waals surface area contributed by atoms with Gasteiger partial charge in [-0.2, -0.15) is 0 Å². The molecule has 0 aromatic heterocycles. The van der Waals surface area contributed by atoms with Gasteiger partial charge >= 0.3 is 35.8 Å². The van der Waals surface area contributed by atoms with E-state index < -0.39 is 35.8 Å². The molecule has 0 fully saturated rings. The molecule has 21 nitrogen and oxygen atoms in total. The number of thioether (sulfide) groups is 3. The normalized spacial score (nSPS) is 12.4. The maximum atomic E-state index is 14.1. The highest BCUT2D eigenvalue weighted by molar-refractivity contribution is 8.14. The smallest absolute Gasteiger partial charge is 0.326 e. The van der Waals surface area contributed by atoms with Gasteiger partial charge in [0.05, 0.1) is 0 Å². The van der Waals surface area contributed by atoms with E-state index in [2.05, 4.69) is 83.1 Å². The minimum atomic E-state index is -0.538. The van der Waals surface area contributed by atoms with E-state index in [4.69, 9.17) is 28.4 Å². The van der Waals surface area contributed by atoms with Crippen LogP contribution < -0.4 is 0 Å². The van der Waals surface area contributed by atoms with Gasteiger partial charge in [0.1, 0.15) is 76.4 Å². The topological polar surface area (TPSA) is 228 Å². The molecule has 3 amide bonds. The van der Waals surface area contributed by atoms with Gasteiger partial charge in [-0.05, 0) is 221 Å². The average Bonchev–Trinajstić information content (AvgIpc) is 0.889. The van der Waals surface area contributed by atoms with Crippen LogP contribution in [0, 0.1) is 0 Å². The van der Waals surface area contributed by atoms with Gasteiger partial charge in [0.2, 0.25) is 0 Å². The zero-order valence-electron chi connectivity index (χ0n) is 93.1. The van der Waals surface area contributed by atoms with Crippen LogP contribution in [0.3, 0.4) is 0 Å². The Kier molecular flexibility index (Phi) is 99.1. The van der Waals surface area contributed by atoms with E-state index in [0.717, 1.165) is 339 Å². The molecule has 0 N–H and O–H groups in total. The fourth-order valence-electron chi connectivity index (χ4n) is 18.2. The molecular weight excluding hydrogens is 1810 g/mol. The molecule has 822 valence electrons. The van der Waals surface area contributed by atoms with Crippen LogP contribution in [0.25, 0.3) is 0 Å². The Labute approximate surface area is 873 Å². The minimum Gasteiger partial charge on any atom is -0.461 e. The number of nitrogens with zero attached hydrogens (tertiary/aromatic N) is 6. The van der Waals surface area contributed by atoms with Crippen molar-refractivity contribution < 1.29 is 71.6 Å². The minimum absolute atomic E-state index is 0.120. The number of allylic oxidation sites excluding steroid dienone is 1. The highest BCUT2D eigenvalue weighted by Gasteiger charge is 2.30. The number of carbonyl (C=O) groups is 9. The van der Waals surface area contributed by atoms with Gasteiger partial charge < -0.3 is 57.8 Å². The molecule has 0 saturated carbocycles. The van der Waals surface area contributed by atoms with Gasteiger partial charge in [0, 0.05) is 17.3 Å². The first-order valence-corrected chi connectivity index (χ1v) is 61.6. The third kappa shape index (κ3) is 89.1. The van der Waals surface area contributed by atoms with Gasteiger partial charge in [-0.15, -0.1) is 0 Å². The lowest BCUT2D eigenvalue weighted by Gasteiger charge is -2.25. The van der Waals surface area contributed by atoms with Crippen LogP contribution >= 0.6 is 35.3 Å². The Morgan fingerprint density at radius 1 is 0.221 bits per heavy atom. The van der Waals surface area contributed by atoms with Crippen molar-refractivity contribution in [2.24, 2.45) is 0 Å². The molecule has 3 unspecified atom stereocenters. The van der Waals surface area contributed by atoms with Crippen molar-refractivity contribution >= 4 is 86.8 Å². The molecule has 0 bridgehead atoms. The summed E-state index contributed by atoms with van der Waals surface area (Å²) in [7, 11) is 8.03. The lowest BCUT2D eigenvalue weighted by atomic mass is 10.0. The molecule has 0 aromatic carbocycles. The number of hydrogen-bond donors (Lipinski definition) is 0. The maximum absolute atomic E-state index is 14.1. The predicted octanol–water partition coefficient (Wildman–Crippen LogP) is 31.8. The monoisotopic (exact) mass is 2030 g/mol. The summed E-state index contributed by atoms with van der Waals surface area (Å²) in [5, 5.41) is -0.878. The van der Waals surface area contributed by atoms with E-state index >= 15 is 0 Å². The van der Waals surface area contributed by atoms with Crippen molar-refractivity contribution in [1.29, 1.82) is 0 Å². The fraction of sp³-hybridized carbons (Fsp3) is 0.905. The van der Waals surface area contributed by atoms with Crippen LogP contribution in [0.15, 0.2) is 12.2 Å². The highest BCUT2D eigenvalue weighted by Crippen LogP contribution is 2.27. The molecule has 0 aliphatic carbocycles. The summed E-state index contributed by atoms with van der Waals surface area (Å²) in [6, 6.07) is 0. The van der Waals surface area contributed by atoms with Crippen molar-refractivity contribution in [1.82, 2.24) is 29.4 Å². The maximum Gasteiger partial charge on any atom is 0.326 e. The number of unbranched alkanes of at least 4 members (excludes halogenated alkanes) is 50. The van der Waals surface area contributed by atoms with Gasteiger partial charge in [-0.1, -0.05) is 412 Å². The second-order valence-corrected chi connectivity index (χ2v) is 44.2. The van der Waals surface area contributed by atoms with Gasteiger partial charge in [-0.3, -0.25) is 43.2 Å². The lowest BCUT2D eigenvalue weighted by molar-refractivity contribution is -0.155. The number of ether oxygens (including phenoxy) is 6. The molecule has 24 heteroatoms. The number of amides is 3. The van der Waals surface area contributed by atoms with E-state index in [9.17, 15) is 43.2 Å².